The summed E-state index contributed by atoms with van der Waals surface area (Å²) in [6, 6.07) is 0. The second kappa shape index (κ2) is 5.48. The summed E-state index contributed by atoms with van der Waals surface area (Å²) >= 11 is 4.81. The highest BCUT2D eigenvalue weighted by atomic mass is 79.9. The highest BCUT2D eigenvalue weighted by Crippen LogP contribution is 2.39. The predicted octanol–water partition coefficient (Wildman–Crippen LogP) is 3.08. The Hall–Kier alpha value is -0.880. The van der Waals surface area contributed by atoms with Gasteiger partial charge in [0.05, 0.1) is 9.89 Å². The van der Waals surface area contributed by atoms with E-state index < -0.39 is 10.2 Å². The second-order valence-electron chi connectivity index (χ2n) is 5.85. The van der Waals surface area contributed by atoms with Gasteiger partial charge in [0.2, 0.25) is 5.91 Å². The van der Waals surface area contributed by atoms with Crippen molar-refractivity contribution in [2.75, 3.05) is 5.32 Å². The van der Waals surface area contributed by atoms with Crippen molar-refractivity contribution in [2.24, 2.45) is 11.7 Å². The fourth-order valence-electron chi connectivity index (χ4n) is 2.35. The Morgan fingerprint density at radius 2 is 2.10 bits per heavy atom. The molecule has 0 bridgehead atoms. The minimum Gasteiger partial charge on any atom is -0.365 e. The predicted molar refractivity (Wildman–Crippen MR) is 85.7 cm³/mol. The Balaban J connectivity index is 2.38. The number of nitrogens with one attached hydrogen (secondary N) is 1. The molecular formula is C14H19BrN2O2S. The molecule has 6 heteroatoms. The summed E-state index contributed by atoms with van der Waals surface area (Å²) in [6.07, 6.45) is 2.87. The zero-order valence-corrected chi connectivity index (χ0v) is 14.3. The van der Waals surface area contributed by atoms with Gasteiger partial charge in [-0.25, -0.2) is 0 Å². The number of alkyl halides is 1. The van der Waals surface area contributed by atoms with Crippen molar-refractivity contribution in [2.45, 2.75) is 44.4 Å². The number of nitrogens with two attached hydrogens (primary N) is 1. The van der Waals surface area contributed by atoms with Gasteiger partial charge in [0, 0.05) is 4.88 Å². The molecule has 4 nitrogen and oxygen atoms in total. The van der Waals surface area contributed by atoms with Crippen LogP contribution in [0.25, 0.3) is 0 Å². The number of halogens is 1. The number of hydrogen-bond donors (Lipinski definition) is 2. The average Bonchev–Trinajstić information content (AvgIpc) is 2.64. The number of primary amides is 1. The maximum Gasteiger partial charge on any atom is 0.251 e. The summed E-state index contributed by atoms with van der Waals surface area (Å²) < 4.78 is -0.681. The molecule has 1 aliphatic rings. The van der Waals surface area contributed by atoms with Crippen LogP contribution in [0.2, 0.25) is 0 Å². The van der Waals surface area contributed by atoms with E-state index >= 15 is 0 Å². The van der Waals surface area contributed by atoms with Crippen LogP contribution in [0.15, 0.2) is 0 Å². The largest absolute Gasteiger partial charge is 0.365 e. The van der Waals surface area contributed by atoms with Gasteiger partial charge < -0.3 is 11.1 Å². The first-order chi connectivity index (χ1) is 9.20. The summed E-state index contributed by atoms with van der Waals surface area (Å²) in [5.74, 6) is -0.0237. The number of thiophene rings is 1. The van der Waals surface area contributed by atoms with E-state index in [1.807, 2.05) is 0 Å². The maximum absolute atomic E-state index is 12.1. The standard InChI is InChI=1S/C14H19BrN2O2S/c1-7-4-5-8-9(6-7)20-12(10(8)11(16)18)17-13(19)14(2,3)15/h7H,4-6H2,1-3H3,(H2,16,18)(H,17,19). The molecule has 0 spiro atoms. The molecule has 0 saturated heterocycles. The van der Waals surface area contributed by atoms with Crippen LogP contribution in [-0.4, -0.2) is 16.1 Å². The number of hydrogen-bond acceptors (Lipinski definition) is 3. The van der Waals surface area contributed by atoms with Crippen LogP contribution in [0.3, 0.4) is 0 Å². The lowest BCUT2D eigenvalue weighted by molar-refractivity contribution is -0.117. The van der Waals surface area contributed by atoms with Gasteiger partial charge in [-0.2, -0.15) is 0 Å². The maximum atomic E-state index is 12.1. The van der Waals surface area contributed by atoms with Gasteiger partial charge in [-0.3, -0.25) is 9.59 Å². The number of amides is 2. The molecule has 1 aliphatic carbocycles. The lowest BCUT2D eigenvalue weighted by atomic mass is 9.88. The third-order valence-corrected chi connectivity index (χ3v) is 5.05. The molecule has 0 radical (unpaired) electrons. The van der Waals surface area contributed by atoms with Crippen LogP contribution in [0.1, 0.15) is 48.0 Å². The van der Waals surface area contributed by atoms with E-state index in [9.17, 15) is 9.59 Å². The Morgan fingerprint density at radius 3 is 2.65 bits per heavy atom. The topological polar surface area (TPSA) is 72.2 Å². The Morgan fingerprint density at radius 1 is 1.45 bits per heavy atom. The Labute approximate surface area is 131 Å². The highest BCUT2D eigenvalue weighted by Gasteiger charge is 2.30. The first kappa shape index (κ1) is 15.5. The van der Waals surface area contributed by atoms with Crippen LogP contribution >= 0.6 is 27.3 Å². The van der Waals surface area contributed by atoms with E-state index in [1.54, 1.807) is 13.8 Å². The summed E-state index contributed by atoms with van der Waals surface area (Å²) in [6.45, 7) is 5.73. The number of fused-ring (bicyclic) bond motifs is 1. The highest BCUT2D eigenvalue weighted by molar-refractivity contribution is 9.10. The van der Waals surface area contributed by atoms with Gasteiger partial charge in [0.15, 0.2) is 0 Å². The molecule has 1 atom stereocenters. The molecule has 0 saturated carbocycles. The van der Waals surface area contributed by atoms with Gasteiger partial charge in [-0.1, -0.05) is 22.9 Å². The molecule has 110 valence electrons. The molecule has 2 rings (SSSR count). The fourth-order valence-corrected chi connectivity index (χ4v) is 3.86. The second-order valence-corrected chi connectivity index (χ2v) is 8.93. The van der Waals surface area contributed by atoms with Crippen LogP contribution in [-0.2, 0) is 17.6 Å². The Bertz CT molecular complexity index is 560. The third-order valence-electron chi connectivity index (χ3n) is 3.53. The summed E-state index contributed by atoms with van der Waals surface area (Å²) in [4.78, 5) is 25.0. The molecule has 1 heterocycles. The van der Waals surface area contributed by atoms with E-state index in [0.717, 1.165) is 24.8 Å². The van der Waals surface area contributed by atoms with Gasteiger partial charge in [0.25, 0.3) is 5.91 Å². The van der Waals surface area contributed by atoms with Crippen LogP contribution in [0, 0.1) is 5.92 Å². The SMILES string of the molecule is CC1CCc2c(sc(NC(=O)C(C)(C)Br)c2C(N)=O)C1. The molecule has 2 amide bonds. The zero-order valence-electron chi connectivity index (χ0n) is 11.9. The Kier molecular flexibility index (Phi) is 4.25. The molecule has 3 N–H and O–H groups in total. The van der Waals surface area contributed by atoms with Crippen molar-refractivity contribution in [3.05, 3.63) is 16.0 Å². The number of anilines is 1. The number of rotatable bonds is 3. The summed E-state index contributed by atoms with van der Waals surface area (Å²) in [7, 11) is 0. The zero-order chi connectivity index (χ0) is 15.1. The normalized spacial score (nSPS) is 18.5. The van der Waals surface area contributed by atoms with Gasteiger partial charge in [-0.05, 0) is 44.6 Å². The number of carbonyl (C=O) groups excluding carboxylic acids is 2. The summed E-state index contributed by atoms with van der Waals surface area (Å²) in [5, 5.41) is 3.43. The van der Waals surface area contributed by atoms with E-state index in [1.165, 1.54) is 16.2 Å². The monoisotopic (exact) mass is 358 g/mol. The van der Waals surface area contributed by atoms with Gasteiger partial charge in [-0.15, -0.1) is 11.3 Å². The molecule has 1 aromatic heterocycles. The molecular weight excluding hydrogens is 340 g/mol. The smallest absolute Gasteiger partial charge is 0.251 e. The van der Waals surface area contributed by atoms with Crippen molar-refractivity contribution in [3.8, 4) is 0 Å². The van der Waals surface area contributed by atoms with Crippen molar-refractivity contribution < 1.29 is 9.59 Å². The van der Waals surface area contributed by atoms with Gasteiger partial charge >= 0.3 is 0 Å². The first-order valence-electron chi connectivity index (χ1n) is 6.65. The first-order valence-corrected chi connectivity index (χ1v) is 8.25. The van der Waals surface area contributed by atoms with E-state index in [2.05, 4.69) is 28.2 Å². The molecule has 1 unspecified atom stereocenters. The van der Waals surface area contributed by atoms with Crippen molar-refractivity contribution in [1.29, 1.82) is 0 Å². The number of carbonyl (C=O) groups is 2. The minimum atomic E-state index is -0.681. The van der Waals surface area contributed by atoms with Crippen LogP contribution < -0.4 is 11.1 Å². The molecule has 0 fully saturated rings. The summed E-state index contributed by atoms with van der Waals surface area (Å²) in [5.41, 5.74) is 7.04. The van der Waals surface area contributed by atoms with E-state index in [-0.39, 0.29) is 5.91 Å². The van der Waals surface area contributed by atoms with Crippen molar-refractivity contribution in [3.63, 3.8) is 0 Å². The van der Waals surface area contributed by atoms with Crippen molar-refractivity contribution in [1.82, 2.24) is 0 Å². The van der Waals surface area contributed by atoms with E-state index in [4.69, 9.17) is 5.73 Å². The molecule has 1 aromatic rings. The lowest BCUT2D eigenvalue weighted by Crippen LogP contribution is -2.31. The third kappa shape index (κ3) is 3.06. The average molecular weight is 359 g/mol. The van der Waals surface area contributed by atoms with E-state index in [0.29, 0.717) is 16.5 Å². The lowest BCUT2D eigenvalue weighted by Gasteiger charge is -2.18. The van der Waals surface area contributed by atoms with Crippen LogP contribution in [0.4, 0.5) is 5.00 Å². The quantitative estimate of drug-likeness (QED) is 0.814. The minimum absolute atomic E-state index is 0.174. The molecule has 0 aliphatic heterocycles. The molecule has 20 heavy (non-hydrogen) atoms. The fraction of sp³-hybridized carbons (Fsp3) is 0.571. The van der Waals surface area contributed by atoms with Crippen molar-refractivity contribution >= 4 is 44.1 Å². The molecule has 0 aromatic carbocycles. The van der Waals surface area contributed by atoms with Crippen LogP contribution in [0.5, 0.6) is 0 Å². The van der Waals surface area contributed by atoms with Gasteiger partial charge in [0.1, 0.15) is 5.00 Å².